The highest BCUT2D eigenvalue weighted by atomic mass is 16.5. The van der Waals surface area contributed by atoms with Gasteiger partial charge in [0, 0.05) is 0 Å². The summed E-state index contributed by atoms with van der Waals surface area (Å²) >= 11 is 0. The van der Waals surface area contributed by atoms with E-state index >= 15 is 0 Å². The number of methoxy groups -OCH3 is 1. The Hall–Kier alpha value is -0.530. The van der Waals surface area contributed by atoms with Gasteiger partial charge in [-0.1, -0.05) is 110 Å². The average molecular weight is 341 g/mol. The van der Waals surface area contributed by atoms with Gasteiger partial charge in [-0.25, -0.2) is 0 Å². The molecule has 0 aromatic heterocycles. The molecule has 1 atom stereocenters. The minimum Gasteiger partial charge on any atom is -0.469 e. The molecular weight excluding hydrogens is 296 g/mol. The Morgan fingerprint density at radius 1 is 0.625 bits per heavy atom. The van der Waals surface area contributed by atoms with Gasteiger partial charge >= 0.3 is 5.97 Å². The highest BCUT2D eigenvalue weighted by Crippen LogP contribution is 2.20. The second kappa shape index (κ2) is 18.8. The van der Waals surface area contributed by atoms with Crippen molar-refractivity contribution in [2.75, 3.05) is 7.11 Å². The van der Waals surface area contributed by atoms with Crippen molar-refractivity contribution in [2.24, 2.45) is 5.92 Å². The van der Waals surface area contributed by atoms with Gasteiger partial charge in [0.25, 0.3) is 0 Å². The number of ether oxygens (including phenoxy) is 1. The lowest BCUT2D eigenvalue weighted by molar-refractivity contribution is -0.146. The quantitative estimate of drug-likeness (QED) is 0.191. The molecule has 2 nitrogen and oxygen atoms in total. The molecule has 0 N–H and O–H groups in total. The van der Waals surface area contributed by atoms with Crippen molar-refractivity contribution in [1.82, 2.24) is 0 Å². The first-order valence-corrected chi connectivity index (χ1v) is 10.8. The van der Waals surface area contributed by atoms with E-state index in [1.807, 2.05) is 0 Å². The van der Waals surface area contributed by atoms with E-state index in [9.17, 15) is 4.79 Å². The average Bonchev–Trinajstić information content (AvgIpc) is 2.60. The first-order chi connectivity index (χ1) is 11.8. The van der Waals surface area contributed by atoms with Gasteiger partial charge in [-0.15, -0.1) is 0 Å². The lowest BCUT2D eigenvalue weighted by atomic mass is 9.94. The monoisotopic (exact) mass is 340 g/mol. The summed E-state index contributed by atoms with van der Waals surface area (Å²) in [6.07, 6.45) is 21.9. The maximum absolute atomic E-state index is 11.9. The number of rotatable bonds is 18. The molecule has 0 bridgehead atoms. The summed E-state index contributed by atoms with van der Waals surface area (Å²) in [7, 11) is 1.53. The molecule has 0 fully saturated rings. The van der Waals surface area contributed by atoms with E-state index in [0.717, 1.165) is 12.8 Å². The molecule has 0 saturated carbocycles. The second-order valence-corrected chi connectivity index (χ2v) is 7.39. The largest absolute Gasteiger partial charge is 0.469 e. The van der Waals surface area contributed by atoms with Crippen molar-refractivity contribution < 1.29 is 9.53 Å². The summed E-state index contributed by atoms with van der Waals surface area (Å²) in [6, 6.07) is 0. The predicted molar refractivity (Wildman–Crippen MR) is 105 cm³/mol. The first kappa shape index (κ1) is 23.5. The molecule has 0 aromatic rings. The summed E-state index contributed by atoms with van der Waals surface area (Å²) in [6.45, 7) is 4.51. The number of hydrogen-bond acceptors (Lipinski definition) is 2. The molecule has 0 aliphatic carbocycles. The summed E-state index contributed by atoms with van der Waals surface area (Å²) in [5.41, 5.74) is 0. The molecule has 2 heteroatoms. The molecule has 144 valence electrons. The highest BCUT2D eigenvalue weighted by Gasteiger charge is 2.17. The van der Waals surface area contributed by atoms with Crippen LogP contribution in [0.2, 0.25) is 0 Å². The summed E-state index contributed by atoms with van der Waals surface area (Å²) in [4.78, 5) is 11.9. The third-order valence-corrected chi connectivity index (χ3v) is 5.10. The fourth-order valence-corrected chi connectivity index (χ4v) is 3.42. The molecule has 0 amide bonds. The van der Waals surface area contributed by atoms with Crippen molar-refractivity contribution in [3.05, 3.63) is 0 Å². The normalized spacial score (nSPS) is 12.3. The number of esters is 1. The molecule has 0 saturated heterocycles. The minimum absolute atomic E-state index is 0.0152. The molecule has 0 spiro atoms. The zero-order valence-electron chi connectivity index (χ0n) is 16.9. The van der Waals surface area contributed by atoms with Crippen LogP contribution in [0.3, 0.4) is 0 Å². The van der Waals surface area contributed by atoms with E-state index in [0.29, 0.717) is 0 Å². The van der Waals surface area contributed by atoms with Crippen molar-refractivity contribution in [2.45, 2.75) is 123 Å². The SMILES string of the molecule is CCCCCCCCCCCCC(CCCCCCC)C(=O)OC. The molecule has 0 aromatic carbocycles. The number of unbranched alkanes of at least 4 members (excludes halogenated alkanes) is 13. The van der Waals surface area contributed by atoms with Crippen molar-refractivity contribution in [3.63, 3.8) is 0 Å². The van der Waals surface area contributed by atoms with Crippen molar-refractivity contribution in [1.29, 1.82) is 0 Å². The van der Waals surface area contributed by atoms with Crippen molar-refractivity contribution >= 4 is 5.97 Å². The van der Waals surface area contributed by atoms with Crippen LogP contribution in [0, 0.1) is 5.92 Å². The molecule has 0 aliphatic heterocycles. The number of carbonyl (C=O) groups excluding carboxylic acids is 1. The van der Waals surface area contributed by atoms with Crippen LogP contribution in [0.4, 0.5) is 0 Å². The Kier molecular flexibility index (Phi) is 18.4. The first-order valence-electron chi connectivity index (χ1n) is 10.8. The van der Waals surface area contributed by atoms with E-state index < -0.39 is 0 Å². The molecule has 0 radical (unpaired) electrons. The van der Waals surface area contributed by atoms with Gasteiger partial charge in [0.1, 0.15) is 0 Å². The van der Waals surface area contributed by atoms with Crippen molar-refractivity contribution in [3.8, 4) is 0 Å². The zero-order valence-corrected chi connectivity index (χ0v) is 16.9. The molecule has 1 unspecified atom stereocenters. The van der Waals surface area contributed by atoms with E-state index in [-0.39, 0.29) is 11.9 Å². The maximum Gasteiger partial charge on any atom is 0.308 e. The molecule has 0 rings (SSSR count). The molecule has 0 heterocycles. The summed E-state index contributed by atoms with van der Waals surface area (Å²) in [5.74, 6) is 0.159. The fraction of sp³-hybridized carbons (Fsp3) is 0.955. The maximum atomic E-state index is 11.9. The molecule has 24 heavy (non-hydrogen) atoms. The fourth-order valence-electron chi connectivity index (χ4n) is 3.42. The van der Waals surface area contributed by atoms with E-state index in [1.165, 1.54) is 103 Å². The third-order valence-electron chi connectivity index (χ3n) is 5.10. The molecule has 0 aliphatic rings. The van der Waals surface area contributed by atoms with E-state index in [4.69, 9.17) is 4.74 Å². The Bertz CT molecular complexity index is 263. The van der Waals surface area contributed by atoms with Gasteiger partial charge in [-0.05, 0) is 12.8 Å². The lowest BCUT2D eigenvalue weighted by Crippen LogP contribution is -2.16. The van der Waals surface area contributed by atoms with Crippen LogP contribution in [0.25, 0.3) is 0 Å². The van der Waals surface area contributed by atoms with Crippen LogP contribution in [0.1, 0.15) is 123 Å². The van der Waals surface area contributed by atoms with Gasteiger partial charge in [0.2, 0.25) is 0 Å². The lowest BCUT2D eigenvalue weighted by Gasteiger charge is -2.14. The van der Waals surface area contributed by atoms with Gasteiger partial charge in [0.15, 0.2) is 0 Å². The van der Waals surface area contributed by atoms with Crippen LogP contribution in [-0.2, 0) is 9.53 Å². The predicted octanol–water partition coefficient (Wildman–Crippen LogP) is 7.45. The second-order valence-electron chi connectivity index (χ2n) is 7.39. The minimum atomic E-state index is 0.0152. The van der Waals surface area contributed by atoms with Gasteiger partial charge < -0.3 is 4.74 Å². The Balaban J connectivity index is 3.59. The number of hydrogen-bond donors (Lipinski definition) is 0. The Morgan fingerprint density at radius 3 is 1.29 bits per heavy atom. The van der Waals surface area contributed by atoms with E-state index in [1.54, 1.807) is 0 Å². The van der Waals surface area contributed by atoms with E-state index in [2.05, 4.69) is 13.8 Å². The Morgan fingerprint density at radius 2 is 0.958 bits per heavy atom. The van der Waals surface area contributed by atoms with Crippen LogP contribution in [0.15, 0.2) is 0 Å². The topological polar surface area (TPSA) is 26.3 Å². The van der Waals surface area contributed by atoms with Crippen LogP contribution in [0.5, 0.6) is 0 Å². The van der Waals surface area contributed by atoms with Crippen LogP contribution < -0.4 is 0 Å². The number of carbonyl (C=O) groups is 1. The van der Waals surface area contributed by atoms with Gasteiger partial charge in [-0.2, -0.15) is 0 Å². The van der Waals surface area contributed by atoms with Gasteiger partial charge in [-0.3, -0.25) is 4.79 Å². The van der Waals surface area contributed by atoms with Crippen LogP contribution in [-0.4, -0.2) is 13.1 Å². The standard InChI is InChI=1S/C22H44O2/c1-4-6-8-10-11-12-13-14-16-18-20-21(22(23)24-3)19-17-15-9-7-5-2/h21H,4-20H2,1-3H3. The third kappa shape index (κ3) is 15.0. The van der Waals surface area contributed by atoms with Crippen LogP contribution >= 0.6 is 0 Å². The zero-order chi connectivity index (χ0) is 17.9. The van der Waals surface area contributed by atoms with Gasteiger partial charge in [0.05, 0.1) is 13.0 Å². The smallest absolute Gasteiger partial charge is 0.308 e. The summed E-state index contributed by atoms with van der Waals surface area (Å²) in [5, 5.41) is 0. The Labute approximate surface area is 152 Å². The highest BCUT2D eigenvalue weighted by molar-refractivity contribution is 5.72. The summed E-state index contributed by atoms with van der Waals surface area (Å²) < 4.78 is 4.99. The molecular formula is C22H44O2.